The van der Waals surface area contributed by atoms with E-state index in [0.717, 1.165) is 0 Å². The maximum atomic E-state index is 11.7. The molecule has 0 radical (unpaired) electrons. The van der Waals surface area contributed by atoms with Crippen LogP contribution in [0.15, 0.2) is 6.20 Å². The average Bonchev–Trinajstić information content (AvgIpc) is 2.40. The highest BCUT2D eigenvalue weighted by molar-refractivity contribution is 6.48. The summed E-state index contributed by atoms with van der Waals surface area (Å²) >= 11 is 17.3. The van der Waals surface area contributed by atoms with Crippen LogP contribution in [-0.4, -0.2) is 30.0 Å². The van der Waals surface area contributed by atoms with Crippen molar-refractivity contribution in [2.24, 2.45) is 5.92 Å². The molecule has 1 aromatic heterocycles. The van der Waals surface area contributed by atoms with Crippen LogP contribution in [0.3, 0.4) is 0 Å². The monoisotopic (exact) mass is 338 g/mol. The maximum absolute atomic E-state index is 11.7. The van der Waals surface area contributed by atoms with E-state index < -0.39 is 18.5 Å². The number of esters is 1. The number of carbonyl (C=O) groups is 2. The van der Waals surface area contributed by atoms with Gasteiger partial charge in [0.25, 0.3) is 5.91 Å². The van der Waals surface area contributed by atoms with Crippen molar-refractivity contribution in [1.82, 2.24) is 10.3 Å². The van der Waals surface area contributed by atoms with E-state index >= 15 is 0 Å². The summed E-state index contributed by atoms with van der Waals surface area (Å²) < 4.78 is 4.80. The summed E-state index contributed by atoms with van der Waals surface area (Å²) in [5, 5.41) is 2.64. The molecule has 0 atom stereocenters. The predicted octanol–water partition coefficient (Wildman–Crippen LogP) is 2.97. The lowest BCUT2D eigenvalue weighted by molar-refractivity contribution is -0.124. The van der Waals surface area contributed by atoms with Gasteiger partial charge in [0.1, 0.15) is 0 Å². The van der Waals surface area contributed by atoms with Crippen LogP contribution in [0.1, 0.15) is 24.3 Å². The van der Waals surface area contributed by atoms with Crippen LogP contribution in [-0.2, 0) is 9.53 Å². The second-order valence-electron chi connectivity index (χ2n) is 4.36. The van der Waals surface area contributed by atoms with Crippen LogP contribution < -0.4 is 5.32 Å². The average molecular weight is 340 g/mol. The first kappa shape index (κ1) is 17.0. The minimum absolute atomic E-state index is 0.0135. The van der Waals surface area contributed by atoms with E-state index in [1.54, 1.807) is 0 Å². The normalized spacial score (nSPS) is 10.5. The van der Waals surface area contributed by atoms with Gasteiger partial charge in [-0.2, -0.15) is 0 Å². The topological polar surface area (TPSA) is 68.3 Å². The van der Waals surface area contributed by atoms with E-state index in [2.05, 4.69) is 10.3 Å². The summed E-state index contributed by atoms with van der Waals surface area (Å²) in [5.74, 6) is -0.933. The molecule has 0 fully saturated rings. The number of ether oxygens (including phenoxy) is 1. The molecule has 0 saturated carbocycles. The summed E-state index contributed by atoms with van der Waals surface area (Å²) in [6, 6.07) is 0. The fraction of sp³-hybridized carbons (Fsp3) is 0.417. The molecule has 0 spiro atoms. The summed E-state index contributed by atoms with van der Waals surface area (Å²) in [4.78, 5) is 26.9. The Morgan fingerprint density at radius 3 is 2.55 bits per heavy atom. The number of amides is 1. The molecule has 0 saturated heterocycles. The summed E-state index contributed by atoms with van der Waals surface area (Å²) in [6.07, 6.45) is 1.19. The largest absolute Gasteiger partial charge is 0.451 e. The van der Waals surface area contributed by atoms with Crippen molar-refractivity contribution >= 4 is 46.7 Å². The lowest BCUT2D eigenvalue weighted by Gasteiger charge is -2.09. The zero-order valence-electron chi connectivity index (χ0n) is 10.9. The summed E-state index contributed by atoms with van der Waals surface area (Å²) in [5.41, 5.74) is -0.183. The number of pyridine rings is 1. The first-order chi connectivity index (χ1) is 9.32. The van der Waals surface area contributed by atoms with Crippen LogP contribution in [0.2, 0.25) is 15.1 Å². The van der Waals surface area contributed by atoms with Crippen molar-refractivity contribution in [3.63, 3.8) is 0 Å². The molecular weight excluding hydrogens is 327 g/mol. The molecule has 0 aliphatic heterocycles. The first-order valence-electron chi connectivity index (χ1n) is 5.76. The van der Waals surface area contributed by atoms with Crippen LogP contribution in [0, 0.1) is 5.92 Å². The lowest BCUT2D eigenvalue weighted by Crippen LogP contribution is -2.31. The van der Waals surface area contributed by atoms with Crippen LogP contribution in [0.5, 0.6) is 0 Å². The third kappa shape index (κ3) is 4.81. The third-order valence-electron chi connectivity index (χ3n) is 2.15. The van der Waals surface area contributed by atoms with Crippen LogP contribution >= 0.6 is 34.8 Å². The van der Waals surface area contributed by atoms with Gasteiger partial charge in [0.15, 0.2) is 12.3 Å². The Morgan fingerprint density at radius 2 is 1.95 bits per heavy atom. The maximum Gasteiger partial charge on any atom is 0.359 e. The fourth-order valence-corrected chi connectivity index (χ4v) is 1.71. The molecule has 8 heteroatoms. The summed E-state index contributed by atoms with van der Waals surface area (Å²) in [7, 11) is 0. The third-order valence-corrected chi connectivity index (χ3v) is 3.39. The van der Waals surface area contributed by atoms with Gasteiger partial charge in [0.05, 0.1) is 15.1 Å². The molecule has 0 aliphatic rings. The van der Waals surface area contributed by atoms with Crippen molar-refractivity contribution in [3.8, 4) is 0 Å². The number of hydrogen-bond acceptors (Lipinski definition) is 4. The second-order valence-corrected chi connectivity index (χ2v) is 5.52. The number of nitrogens with one attached hydrogen (secondary N) is 1. The van der Waals surface area contributed by atoms with Crippen molar-refractivity contribution in [1.29, 1.82) is 0 Å². The van der Waals surface area contributed by atoms with Crippen molar-refractivity contribution in [2.45, 2.75) is 13.8 Å². The van der Waals surface area contributed by atoms with Gasteiger partial charge >= 0.3 is 5.97 Å². The van der Waals surface area contributed by atoms with E-state index in [1.165, 1.54) is 6.20 Å². The van der Waals surface area contributed by atoms with Gasteiger partial charge in [-0.15, -0.1) is 0 Å². The molecule has 1 rings (SSSR count). The molecule has 1 heterocycles. The van der Waals surface area contributed by atoms with E-state index in [-0.39, 0.29) is 20.8 Å². The number of rotatable bonds is 5. The molecule has 110 valence electrons. The van der Waals surface area contributed by atoms with Gasteiger partial charge in [0.2, 0.25) is 0 Å². The Kier molecular flexibility index (Phi) is 6.52. The fourth-order valence-electron chi connectivity index (χ4n) is 1.15. The molecule has 0 unspecified atom stereocenters. The van der Waals surface area contributed by atoms with Crippen LogP contribution in [0.25, 0.3) is 0 Å². The highest BCUT2D eigenvalue weighted by atomic mass is 35.5. The van der Waals surface area contributed by atoms with Gasteiger partial charge in [-0.05, 0) is 5.92 Å². The number of hydrogen-bond donors (Lipinski definition) is 1. The summed E-state index contributed by atoms with van der Waals surface area (Å²) in [6.45, 7) is 3.99. The minimum Gasteiger partial charge on any atom is -0.451 e. The van der Waals surface area contributed by atoms with E-state index in [0.29, 0.717) is 12.5 Å². The molecule has 20 heavy (non-hydrogen) atoms. The minimum atomic E-state index is -0.840. The smallest absolute Gasteiger partial charge is 0.359 e. The van der Waals surface area contributed by atoms with Gasteiger partial charge in [-0.3, -0.25) is 4.79 Å². The quantitative estimate of drug-likeness (QED) is 0.837. The van der Waals surface area contributed by atoms with Crippen molar-refractivity contribution in [3.05, 3.63) is 27.0 Å². The molecule has 1 amide bonds. The molecule has 0 aliphatic carbocycles. The SMILES string of the molecule is CC(C)CNC(=O)COC(=O)c1ncc(Cl)c(Cl)c1Cl. The zero-order chi connectivity index (χ0) is 15.3. The first-order valence-corrected chi connectivity index (χ1v) is 6.89. The van der Waals surface area contributed by atoms with E-state index in [1.807, 2.05) is 13.8 Å². The second kappa shape index (κ2) is 7.67. The Balaban J connectivity index is 2.60. The molecule has 0 aromatic carbocycles. The predicted molar refractivity (Wildman–Crippen MR) is 77.4 cm³/mol. The Morgan fingerprint density at radius 1 is 1.30 bits per heavy atom. The molecule has 1 aromatic rings. The van der Waals surface area contributed by atoms with Gasteiger partial charge < -0.3 is 10.1 Å². The number of nitrogens with zero attached hydrogens (tertiary/aromatic N) is 1. The van der Waals surface area contributed by atoms with Gasteiger partial charge in [-0.1, -0.05) is 48.7 Å². The zero-order valence-corrected chi connectivity index (χ0v) is 13.1. The van der Waals surface area contributed by atoms with E-state index in [9.17, 15) is 9.59 Å². The van der Waals surface area contributed by atoms with Gasteiger partial charge in [0, 0.05) is 12.7 Å². The van der Waals surface area contributed by atoms with Crippen molar-refractivity contribution in [2.75, 3.05) is 13.2 Å². The molecule has 1 N–H and O–H groups in total. The standard InChI is InChI=1S/C12H13Cl3N2O3/c1-6(2)3-16-8(18)5-20-12(19)11-10(15)9(14)7(13)4-17-11/h4,6H,3,5H2,1-2H3,(H,16,18). The van der Waals surface area contributed by atoms with Crippen molar-refractivity contribution < 1.29 is 14.3 Å². The highest BCUT2D eigenvalue weighted by Crippen LogP contribution is 2.31. The van der Waals surface area contributed by atoms with E-state index in [4.69, 9.17) is 39.5 Å². The Labute approximate surface area is 131 Å². The Hall–Kier alpha value is -1.04. The van der Waals surface area contributed by atoms with Gasteiger partial charge in [-0.25, -0.2) is 9.78 Å². The Bertz CT molecular complexity index is 521. The van der Waals surface area contributed by atoms with Crippen LogP contribution in [0.4, 0.5) is 0 Å². The molecule has 5 nitrogen and oxygen atoms in total. The molecule has 0 bridgehead atoms. The number of aromatic nitrogens is 1. The number of carbonyl (C=O) groups excluding carboxylic acids is 2. The molecular formula is C12H13Cl3N2O3. The lowest BCUT2D eigenvalue weighted by atomic mass is 10.2. The number of halogens is 3. The highest BCUT2D eigenvalue weighted by Gasteiger charge is 2.19.